The molecule has 0 aliphatic rings. The van der Waals surface area contributed by atoms with Crippen LogP contribution < -0.4 is 0 Å². The predicted molar refractivity (Wildman–Crippen MR) is 41.2 cm³/mol. The Balaban J connectivity index is 2.99. The van der Waals surface area contributed by atoms with Crippen molar-refractivity contribution in [1.82, 2.24) is 1.34 Å². The second-order valence-electron chi connectivity index (χ2n) is 1.62. The summed E-state index contributed by atoms with van der Waals surface area (Å²) in [7, 11) is 0. The van der Waals surface area contributed by atoms with Crippen molar-refractivity contribution in [2.75, 3.05) is 6.54 Å². The maximum atomic E-state index is 2.80. The maximum absolute atomic E-state index is 2.80. The van der Waals surface area contributed by atoms with E-state index in [4.69, 9.17) is 0 Å². The van der Waals surface area contributed by atoms with Crippen molar-refractivity contribution in [1.29, 1.82) is 0 Å². The van der Waals surface area contributed by atoms with E-state index in [0.717, 1.165) is 0 Å². The monoisotopic (exact) mass is 317 g/mol. The van der Waals surface area contributed by atoms with E-state index in [1.165, 1.54) is 6.54 Å². The number of hydrogen-bond acceptors (Lipinski definition) is 1. The van der Waals surface area contributed by atoms with Crippen molar-refractivity contribution in [2.24, 2.45) is 0 Å². The first kappa shape index (κ1) is 8.56. The average Bonchev–Trinajstić information content (AvgIpc) is 1.72. The van der Waals surface area contributed by atoms with Gasteiger partial charge in [0.05, 0.1) is 0 Å². The molecule has 0 spiro atoms. The van der Waals surface area contributed by atoms with Crippen molar-refractivity contribution >= 4 is 42.8 Å². The van der Waals surface area contributed by atoms with E-state index in [2.05, 4.69) is 18.1 Å². The second kappa shape index (κ2) is 5.69. The topological polar surface area (TPSA) is 3.24 Å². The Bertz CT molecular complexity index is 31.2. The van der Waals surface area contributed by atoms with Gasteiger partial charge >= 0.3 is 67.5 Å². The van der Waals surface area contributed by atoms with Crippen molar-refractivity contribution < 1.29 is 0 Å². The van der Waals surface area contributed by atoms with Crippen LogP contribution in [-0.4, -0.2) is 50.7 Å². The summed E-state index contributed by atoms with van der Waals surface area (Å²) in [5.41, 5.74) is 0. The predicted octanol–water partition coefficient (Wildman–Crippen LogP) is -0.428. The molecule has 0 fully saturated rings. The van der Waals surface area contributed by atoms with E-state index in [1.54, 1.807) is 0 Å². The third-order valence-corrected chi connectivity index (χ3v) is 26.1. The van der Waals surface area contributed by atoms with Crippen molar-refractivity contribution in [3.8, 4) is 0 Å². The molecule has 0 aliphatic heterocycles. The summed E-state index contributed by atoms with van der Waals surface area (Å²) in [6.07, 6.45) is 0. The molecule has 0 aliphatic carbocycles. The first-order valence-electron chi connectivity index (χ1n) is 3.07. The van der Waals surface area contributed by atoms with Gasteiger partial charge in [0.15, 0.2) is 0 Å². The van der Waals surface area contributed by atoms with Gasteiger partial charge in [-0.1, -0.05) is 0 Å². The van der Waals surface area contributed by atoms with Gasteiger partial charge in [0.25, 0.3) is 0 Å². The van der Waals surface area contributed by atoms with Gasteiger partial charge in [0.2, 0.25) is 0 Å². The molecule has 0 unspecified atom stereocenters. The summed E-state index contributed by atoms with van der Waals surface area (Å²) in [5.74, 6) is 0. The Hall–Kier alpha value is 1.56. The van der Waals surface area contributed by atoms with Crippen LogP contribution in [0.3, 0.4) is 0 Å². The van der Waals surface area contributed by atoms with Gasteiger partial charge in [-0.3, -0.25) is 0 Å². The van der Waals surface area contributed by atoms with Gasteiger partial charge in [-0.05, 0) is 0 Å². The molecule has 3 heteroatoms. The molecule has 0 radical (unpaired) electrons. The Morgan fingerprint density at radius 2 is 1.71 bits per heavy atom. The minimum absolute atomic E-state index is 0.271. The third kappa shape index (κ3) is 4.09. The molecule has 0 rings (SSSR count). The van der Waals surface area contributed by atoms with Crippen LogP contribution in [-0.2, 0) is 0 Å². The fraction of sp³-hybridized carbons (Fsp3) is 1.00. The zero-order valence-corrected chi connectivity index (χ0v) is 13.6. The number of rotatable bonds is 3. The summed E-state index contributed by atoms with van der Waals surface area (Å²) in [4.78, 5) is 4.90. The van der Waals surface area contributed by atoms with Crippen LogP contribution in [0.2, 0.25) is 9.88 Å². The average molecular weight is 315 g/mol. The Morgan fingerprint density at radius 1 is 1.29 bits per heavy atom. The quantitative estimate of drug-likeness (QED) is 0.639. The minimum atomic E-state index is -0.271. The number of hydrogen-bond donors (Lipinski definition) is 0. The van der Waals surface area contributed by atoms with E-state index in [-0.39, 0.29) is 42.8 Å². The summed E-state index contributed by atoms with van der Waals surface area (Å²) in [6.45, 7) is 3.67. The van der Waals surface area contributed by atoms with Crippen LogP contribution in [0.25, 0.3) is 0 Å². The van der Waals surface area contributed by atoms with Crippen molar-refractivity contribution in [3.05, 3.63) is 0 Å². The normalized spacial score (nSPS) is 13.7. The fourth-order valence-corrected chi connectivity index (χ4v) is 13.1. The van der Waals surface area contributed by atoms with Crippen molar-refractivity contribution in [2.45, 2.75) is 16.8 Å². The second-order valence-corrected chi connectivity index (χ2v) is 17.6. The zero-order chi connectivity index (χ0) is 5.70. The Labute approximate surface area is 67.0 Å². The van der Waals surface area contributed by atoms with Crippen LogP contribution in [0.15, 0.2) is 0 Å². The number of nitrogens with zero attached hydrogens (tertiary/aromatic N) is 1. The van der Waals surface area contributed by atoms with Crippen LogP contribution in [0, 0.1) is 0 Å². The fourth-order valence-electron chi connectivity index (χ4n) is 0.671. The van der Waals surface area contributed by atoms with E-state index in [9.17, 15) is 0 Å². The molecule has 0 saturated heterocycles. The molecular weight excluding hydrogens is 299 g/mol. The van der Waals surface area contributed by atoms with E-state index in [1.807, 2.05) is 0 Å². The van der Waals surface area contributed by atoms with Gasteiger partial charge < -0.3 is 0 Å². The van der Waals surface area contributed by atoms with Gasteiger partial charge in [-0.15, -0.1) is 0 Å². The Morgan fingerprint density at radius 3 is 1.71 bits per heavy atom. The van der Waals surface area contributed by atoms with Crippen LogP contribution >= 0.6 is 0 Å². The molecule has 0 bridgehead atoms. The molecule has 0 heterocycles. The molecule has 0 aromatic rings. The SMILES string of the molecule is CC[N]([SnH2][CH3])[SnH2][CH3]. The van der Waals surface area contributed by atoms with Gasteiger partial charge in [0, 0.05) is 0 Å². The molecule has 0 N–H and O–H groups in total. The first-order chi connectivity index (χ1) is 3.35. The molecule has 44 valence electrons. The van der Waals surface area contributed by atoms with Gasteiger partial charge in [-0.2, -0.15) is 0 Å². The summed E-state index contributed by atoms with van der Waals surface area (Å²) < 4.78 is 2.80. The van der Waals surface area contributed by atoms with Crippen molar-refractivity contribution in [3.63, 3.8) is 0 Å². The molecule has 7 heavy (non-hydrogen) atoms. The summed E-state index contributed by atoms with van der Waals surface area (Å²) in [5, 5.41) is 0. The van der Waals surface area contributed by atoms with Crippen LogP contribution in [0.5, 0.6) is 0 Å². The van der Waals surface area contributed by atoms with Gasteiger partial charge in [0.1, 0.15) is 0 Å². The molecule has 0 saturated carbocycles. The standard InChI is InChI=1S/C2H5N.2CH3.2Sn.4H/c1-2-3;;;;;;;;/h2H2,1H3;2*1H3;;;;;;. The third-order valence-electron chi connectivity index (χ3n) is 1.34. The van der Waals surface area contributed by atoms with Crippen LogP contribution in [0.1, 0.15) is 6.92 Å². The molecule has 0 amide bonds. The summed E-state index contributed by atoms with van der Waals surface area (Å²) >= 11 is -0.542. The zero-order valence-electron chi connectivity index (χ0n) is 5.57. The first-order valence-corrected chi connectivity index (χ1v) is 14.8. The molecule has 0 aromatic carbocycles. The molecule has 1 nitrogen and oxygen atoms in total. The van der Waals surface area contributed by atoms with E-state index in [0.29, 0.717) is 0 Å². The Kier molecular flexibility index (Phi) is 6.96. The van der Waals surface area contributed by atoms with E-state index >= 15 is 0 Å². The molecule has 0 atom stereocenters. The van der Waals surface area contributed by atoms with Crippen LogP contribution in [0.4, 0.5) is 0 Å². The van der Waals surface area contributed by atoms with E-state index < -0.39 is 0 Å². The molecule has 0 aromatic heterocycles. The summed E-state index contributed by atoms with van der Waals surface area (Å²) in [6, 6.07) is 0. The molecular formula is C4H15NSn2. The van der Waals surface area contributed by atoms with Gasteiger partial charge in [-0.25, -0.2) is 0 Å².